The molecule has 0 N–H and O–H groups in total. The molecule has 6 nitrogen and oxygen atoms in total. The van der Waals surface area contributed by atoms with Crippen molar-refractivity contribution >= 4 is 28.8 Å². The number of aromatic nitrogens is 2. The minimum Gasteiger partial charge on any atom is -0.478 e. The van der Waals surface area contributed by atoms with Gasteiger partial charge in [-0.1, -0.05) is 22.2 Å². The first kappa shape index (κ1) is 12.7. The normalized spacial score (nSPS) is 10.3. The van der Waals surface area contributed by atoms with Crippen molar-refractivity contribution in [2.45, 2.75) is 6.61 Å². The summed E-state index contributed by atoms with van der Waals surface area (Å²) in [4.78, 5) is 9.99. The predicted molar refractivity (Wildman–Crippen MR) is 62.3 cm³/mol. The van der Waals surface area contributed by atoms with E-state index in [1.807, 2.05) is 0 Å². The molecule has 0 atom stereocenters. The van der Waals surface area contributed by atoms with Crippen LogP contribution in [0.4, 0.5) is 10.1 Å². The van der Waals surface area contributed by atoms with Crippen LogP contribution in [0.15, 0.2) is 18.2 Å². The van der Waals surface area contributed by atoms with Crippen LogP contribution >= 0.6 is 23.1 Å². The number of nitro groups is 1. The van der Waals surface area contributed by atoms with E-state index < -0.39 is 22.2 Å². The van der Waals surface area contributed by atoms with Crippen molar-refractivity contribution in [2.24, 2.45) is 0 Å². The summed E-state index contributed by atoms with van der Waals surface area (Å²) in [5.41, 5.74) is -0.145. The van der Waals surface area contributed by atoms with E-state index in [2.05, 4.69) is 9.59 Å². The van der Waals surface area contributed by atoms with Gasteiger partial charge in [0.2, 0.25) is 5.75 Å². The topological polar surface area (TPSA) is 78.2 Å². The number of hydrogen-bond acceptors (Lipinski definition) is 6. The Balaban J connectivity index is 2.24. The minimum absolute atomic E-state index is 0.183. The Kier molecular flexibility index (Phi) is 3.68. The Morgan fingerprint density at radius 1 is 1.56 bits per heavy atom. The Morgan fingerprint density at radius 3 is 2.94 bits per heavy atom. The second kappa shape index (κ2) is 5.23. The fourth-order valence-electron chi connectivity index (χ4n) is 1.21. The number of rotatable bonds is 4. The monoisotopic (exact) mass is 289 g/mol. The van der Waals surface area contributed by atoms with E-state index in [1.165, 1.54) is 6.07 Å². The van der Waals surface area contributed by atoms with Crippen molar-refractivity contribution in [3.05, 3.63) is 44.2 Å². The van der Waals surface area contributed by atoms with Crippen molar-refractivity contribution in [3.63, 3.8) is 0 Å². The van der Waals surface area contributed by atoms with Gasteiger partial charge in [0, 0.05) is 17.6 Å². The molecule has 0 spiro atoms. The first-order valence-electron chi connectivity index (χ1n) is 4.62. The van der Waals surface area contributed by atoms with Crippen LogP contribution in [0.3, 0.4) is 0 Å². The largest absolute Gasteiger partial charge is 0.478 e. The highest BCUT2D eigenvalue weighted by molar-refractivity contribution is 7.10. The molecular formula is C9H5ClFN3O3S. The lowest BCUT2D eigenvalue weighted by molar-refractivity contribution is -0.386. The van der Waals surface area contributed by atoms with Crippen LogP contribution in [0, 0.1) is 15.9 Å². The van der Waals surface area contributed by atoms with Crippen LogP contribution in [0.1, 0.15) is 5.69 Å². The summed E-state index contributed by atoms with van der Waals surface area (Å²) in [6.07, 6.45) is 0. The maximum Gasteiger partial charge on any atom is 0.314 e. The van der Waals surface area contributed by atoms with Gasteiger partial charge in [0.15, 0.2) is 5.82 Å². The molecule has 1 aromatic heterocycles. The smallest absolute Gasteiger partial charge is 0.314 e. The zero-order chi connectivity index (χ0) is 13.1. The van der Waals surface area contributed by atoms with Gasteiger partial charge in [-0.15, -0.1) is 5.10 Å². The fourth-order valence-corrected chi connectivity index (χ4v) is 1.81. The molecule has 0 aliphatic carbocycles. The van der Waals surface area contributed by atoms with Gasteiger partial charge in [0.25, 0.3) is 0 Å². The number of halogens is 2. The van der Waals surface area contributed by atoms with Crippen molar-refractivity contribution in [3.8, 4) is 5.75 Å². The third-order valence-electron chi connectivity index (χ3n) is 2.01. The average molecular weight is 290 g/mol. The van der Waals surface area contributed by atoms with E-state index in [-0.39, 0.29) is 6.61 Å². The lowest BCUT2D eigenvalue weighted by Gasteiger charge is -2.05. The van der Waals surface area contributed by atoms with Crippen molar-refractivity contribution in [2.75, 3.05) is 0 Å². The molecule has 18 heavy (non-hydrogen) atoms. The summed E-state index contributed by atoms with van der Waals surface area (Å²) in [5.74, 6) is -1.25. The van der Waals surface area contributed by atoms with Crippen LogP contribution in [0.5, 0.6) is 5.75 Å². The lowest BCUT2D eigenvalue weighted by Crippen LogP contribution is -2.02. The molecule has 0 unspecified atom stereocenters. The van der Waals surface area contributed by atoms with Gasteiger partial charge < -0.3 is 4.74 Å². The van der Waals surface area contributed by atoms with E-state index in [0.29, 0.717) is 10.0 Å². The third-order valence-corrected chi connectivity index (χ3v) is 2.99. The Labute approximate surface area is 109 Å². The Bertz CT molecular complexity index is 592. The number of ether oxygens (including phenoxy) is 1. The molecule has 0 aliphatic rings. The molecule has 9 heteroatoms. The van der Waals surface area contributed by atoms with Gasteiger partial charge in [-0.05, 0) is 6.07 Å². The third kappa shape index (κ3) is 2.54. The van der Waals surface area contributed by atoms with E-state index in [4.69, 9.17) is 16.3 Å². The second-order valence-corrected chi connectivity index (χ2v) is 4.48. The van der Waals surface area contributed by atoms with Gasteiger partial charge in [-0.2, -0.15) is 0 Å². The van der Waals surface area contributed by atoms with Crippen LogP contribution in [-0.2, 0) is 6.61 Å². The fraction of sp³-hybridized carbons (Fsp3) is 0.111. The maximum atomic E-state index is 13.4. The summed E-state index contributed by atoms with van der Waals surface area (Å²) in [5, 5.41) is 14.4. The summed E-state index contributed by atoms with van der Waals surface area (Å²) >= 11 is 6.68. The standard InChI is InChI=1S/C9H5ClFN3O3S/c10-9-6(12-13-18-9)4-17-8-5(11)2-1-3-7(8)14(15)16/h1-3H,4H2. The van der Waals surface area contributed by atoms with Gasteiger partial charge in [-0.25, -0.2) is 4.39 Å². The minimum atomic E-state index is -0.816. The highest BCUT2D eigenvalue weighted by Gasteiger charge is 2.20. The molecule has 0 radical (unpaired) electrons. The zero-order valence-electron chi connectivity index (χ0n) is 8.67. The molecule has 1 aromatic carbocycles. The highest BCUT2D eigenvalue weighted by Crippen LogP contribution is 2.30. The van der Waals surface area contributed by atoms with Gasteiger partial charge in [-0.3, -0.25) is 10.1 Å². The maximum absolute atomic E-state index is 13.4. The van der Waals surface area contributed by atoms with Gasteiger partial charge in [0.1, 0.15) is 16.6 Å². The molecule has 0 aliphatic heterocycles. The number of para-hydroxylation sites is 1. The van der Waals surface area contributed by atoms with Crippen molar-refractivity contribution in [1.82, 2.24) is 9.59 Å². The van der Waals surface area contributed by atoms with Crippen LogP contribution in [0.2, 0.25) is 4.34 Å². The Hall–Kier alpha value is -1.80. The number of nitrogens with zero attached hydrogens (tertiary/aromatic N) is 3. The molecule has 0 bridgehead atoms. The zero-order valence-corrected chi connectivity index (χ0v) is 10.2. The highest BCUT2D eigenvalue weighted by atomic mass is 35.5. The molecule has 0 fully saturated rings. The summed E-state index contributed by atoms with van der Waals surface area (Å²) in [7, 11) is 0. The summed E-state index contributed by atoms with van der Waals surface area (Å²) in [6, 6.07) is 3.46. The van der Waals surface area contributed by atoms with Crippen LogP contribution in [-0.4, -0.2) is 14.5 Å². The summed E-state index contributed by atoms with van der Waals surface area (Å²) in [6.45, 7) is -0.183. The first-order chi connectivity index (χ1) is 8.59. The second-order valence-electron chi connectivity index (χ2n) is 3.13. The van der Waals surface area contributed by atoms with Crippen LogP contribution < -0.4 is 4.74 Å². The van der Waals surface area contributed by atoms with Gasteiger partial charge in [0.05, 0.1) is 4.92 Å². The molecule has 0 saturated heterocycles. The van der Waals surface area contributed by atoms with E-state index in [1.54, 1.807) is 0 Å². The molecule has 0 saturated carbocycles. The predicted octanol–water partition coefficient (Wildman–Crippen LogP) is 2.82. The Morgan fingerprint density at radius 2 is 2.33 bits per heavy atom. The van der Waals surface area contributed by atoms with Crippen molar-refractivity contribution in [1.29, 1.82) is 0 Å². The van der Waals surface area contributed by atoms with E-state index >= 15 is 0 Å². The van der Waals surface area contributed by atoms with E-state index in [0.717, 1.165) is 23.7 Å². The first-order valence-corrected chi connectivity index (χ1v) is 5.77. The van der Waals surface area contributed by atoms with Crippen LogP contribution in [0.25, 0.3) is 0 Å². The molecule has 1 heterocycles. The number of nitro benzene ring substituents is 1. The quantitative estimate of drug-likeness (QED) is 0.639. The molecule has 0 amide bonds. The van der Waals surface area contributed by atoms with Crippen molar-refractivity contribution < 1.29 is 14.1 Å². The number of hydrogen-bond donors (Lipinski definition) is 0. The number of benzene rings is 1. The average Bonchev–Trinajstić information content (AvgIpc) is 2.73. The molecule has 2 rings (SSSR count). The lowest BCUT2D eigenvalue weighted by atomic mass is 10.3. The van der Waals surface area contributed by atoms with E-state index in [9.17, 15) is 14.5 Å². The summed E-state index contributed by atoms with van der Waals surface area (Å²) < 4.78 is 22.4. The molecule has 2 aromatic rings. The SMILES string of the molecule is O=[N+]([O-])c1cccc(F)c1OCc1nnsc1Cl. The van der Waals surface area contributed by atoms with Gasteiger partial charge >= 0.3 is 5.69 Å². The molecular weight excluding hydrogens is 285 g/mol. The molecule has 94 valence electrons.